The van der Waals surface area contributed by atoms with Gasteiger partial charge in [-0.05, 0) is 36.9 Å². The second kappa shape index (κ2) is 7.17. The van der Waals surface area contributed by atoms with E-state index in [4.69, 9.17) is 5.73 Å². The molecule has 120 valence electrons. The molecule has 7 heteroatoms. The highest BCUT2D eigenvalue weighted by molar-refractivity contribution is 7.91. The van der Waals surface area contributed by atoms with Gasteiger partial charge in [0.2, 0.25) is 9.84 Å². The Morgan fingerprint density at radius 1 is 1.29 bits per heavy atom. The highest BCUT2D eigenvalue weighted by atomic mass is 32.2. The van der Waals surface area contributed by atoms with E-state index in [0.29, 0.717) is 13.1 Å². The molecule has 0 aliphatic carbocycles. The standard InChI is InChI=1S/C14H22F2N2O2S/c1-14(2,8-5-9-17)10-18-11-6-3-4-7-12(11)21(19,20)13(15)16/h3-4,6-7,13,18H,5,8-10,17H2,1-2H3. The van der Waals surface area contributed by atoms with Crippen molar-refractivity contribution in [3.63, 3.8) is 0 Å². The molecule has 0 heterocycles. The summed E-state index contributed by atoms with van der Waals surface area (Å²) >= 11 is 0. The van der Waals surface area contributed by atoms with Crippen LogP contribution in [-0.4, -0.2) is 27.3 Å². The number of nitrogens with one attached hydrogen (secondary N) is 1. The zero-order valence-corrected chi connectivity index (χ0v) is 13.1. The quantitative estimate of drug-likeness (QED) is 0.772. The van der Waals surface area contributed by atoms with Crippen molar-refractivity contribution in [3.8, 4) is 0 Å². The van der Waals surface area contributed by atoms with Gasteiger partial charge in [0.1, 0.15) is 0 Å². The van der Waals surface area contributed by atoms with Crippen molar-refractivity contribution in [1.29, 1.82) is 0 Å². The normalized spacial score (nSPS) is 12.7. The molecule has 1 rings (SSSR count). The van der Waals surface area contributed by atoms with Crippen molar-refractivity contribution >= 4 is 15.5 Å². The summed E-state index contributed by atoms with van der Waals surface area (Å²) in [6, 6.07) is 5.73. The Kier molecular flexibility index (Phi) is 6.10. The Morgan fingerprint density at radius 3 is 2.48 bits per heavy atom. The molecule has 21 heavy (non-hydrogen) atoms. The van der Waals surface area contributed by atoms with E-state index in [0.717, 1.165) is 12.8 Å². The molecule has 0 amide bonds. The minimum absolute atomic E-state index is 0.110. The zero-order valence-electron chi connectivity index (χ0n) is 12.3. The molecule has 3 N–H and O–H groups in total. The molecular weight excluding hydrogens is 298 g/mol. The summed E-state index contributed by atoms with van der Waals surface area (Å²) in [5.74, 6) is -3.43. The minimum Gasteiger partial charge on any atom is -0.383 e. The molecule has 0 saturated carbocycles. The predicted molar refractivity (Wildman–Crippen MR) is 80.2 cm³/mol. The number of nitrogens with two attached hydrogens (primary N) is 1. The molecule has 4 nitrogen and oxygen atoms in total. The van der Waals surface area contributed by atoms with E-state index in [2.05, 4.69) is 5.32 Å². The second-order valence-corrected chi connectivity index (χ2v) is 7.60. The van der Waals surface area contributed by atoms with E-state index < -0.39 is 15.6 Å². The highest BCUT2D eigenvalue weighted by Crippen LogP contribution is 2.28. The molecule has 0 radical (unpaired) electrons. The zero-order chi connectivity index (χ0) is 16.1. The third-order valence-electron chi connectivity index (χ3n) is 3.24. The van der Waals surface area contributed by atoms with Gasteiger partial charge in [0, 0.05) is 6.54 Å². The average molecular weight is 320 g/mol. The lowest BCUT2D eigenvalue weighted by molar-refractivity contribution is 0.235. The molecule has 0 saturated heterocycles. The summed E-state index contributed by atoms with van der Waals surface area (Å²) in [5.41, 5.74) is 5.57. The number of benzene rings is 1. The maximum absolute atomic E-state index is 12.7. The molecule has 0 unspecified atom stereocenters. The van der Waals surface area contributed by atoms with E-state index in [1.807, 2.05) is 13.8 Å². The maximum atomic E-state index is 12.7. The number of hydrogen-bond acceptors (Lipinski definition) is 4. The Balaban J connectivity index is 2.91. The number of hydrogen-bond donors (Lipinski definition) is 2. The first-order valence-electron chi connectivity index (χ1n) is 6.76. The lowest BCUT2D eigenvalue weighted by Gasteiger charge is -2.26. The monoisotopic (exact) mass is 320 g/mol. The van der Waals surface area contributed by atoms with Gasteiger partial charge in [0.15, 0.2) is 0 Å². The smallest absolute Gasteiger partial charge is 0.341 e. The molecule has 0 fully saturated rings. The number of para-hydroxylation sites is 1. The third kappa shape index (κ3) is 4.93. The van der Waals surface area contributed by atoms with Crippen LogP contribution in [0, 0.1) is 5.41 Å². The highest BCUT2D eigenvalue weighted by Gasteiger charge is 2.29. The third-order valence-corrected chi connectivity index (χ3v) is 4.68. The molecule has 0 aliphatic heterocycles. The van der Waals surface area contributed by atoms with Crippen LogP contribution in [0.25, 0.3) is 0 Å². The number of alkyl halides is 2. The summed E-state index contributed by atoms with van der Waals surface area (Å²) in [6.45, 7) is 5.09. The Bertz CT molecular complexity index is 560. The SMILES string of the molecule is CC(C)(CCCN)CNc1ccccc1S(=O)(=O)C(F)F. The fourth-order valence-corrected chi connectivity index (χ4v) is 2.87. The van der Waals surface area contributed by atoms with E-state index >= 15 is 0 Å². The lowest BCUT2D eigenvalue weighted by atomic mass is 9.87. The first kappa shape index (κ1) is 17.8. The number of anilines is 1. The summed E-state index contributed by atoms with van der Waals surface area (Å²) < 4.78 is 48.7. The van der Waals surface area contributed by atoms with E-state index in [1.165, 1.54) is 18.2 Å². The van der Waals surface area contributed by atoms with Crippen molar-refractivity contribution in [2.45, 2.75) is 37.3 Å². The van der Waals surface area contributed by atoms with Crippen LogP contribution < -0.4 is 11.1 Å². The van der Waals surface area contributed by atoms with Crippen LogP contribution in [0.1, 0.15) is 26.7 Å². The fourth-order valence-electron chi connectivity index (χ4n) is 1.96. The largest absolute Gasteiger partial charge is 0.383 e. The van der Waals surface area contributed by atoms with Crippen molar-refractivity contribution in [2.75, 3.05) is 18.4 Å². The van der Waals surface area contributed by atoms with E-state index in [-0.39, 0.29) is 16.0 Å². The molecule has 1 aromatic carbocycles. The van der Waals surface area contributed by atoms with Crippen LogP contribution in [0.15, 0.2) is 29.2 Å². The Hall–Kier alpha value is -1.21. The number of rotatable bonds is 8. The van der Waals surface area contributed by atoms with Crippen molar-refractivity contribution in [2.24, 2.45) is 11.1 Å². The van der Waals surface area contributed by atoms with Gasteiger partial charge in [-0.3, -0.25) is 0 Å². The summed E-state index contributed by atoms with van der Waals surface area (Å²) in [5, 5.41) is 2.97. The molecule has 0 spiro atoms. The average Bonchev–Trinajstić information content (AvgIpc) is 2.43. The Morgan fingerprint density at radius 2 is 1.90 bits per heavy atom. The second-order valence-electron chi connectivity index (χ2n) is 5.71. The predicted octanol–water partition coefficient (Wildman–Crippen LogP) is 2.86. The van der Waals surface area contributed by atoms with Crippen molar-refractivity contribution in [1.82, 2.24) is 0 Å². The van der Waals surface area contributed by atoms with Gasteiger partial charge in [-0.2, -0.15) is 8.78 Å². The molecule has 0 aromatic heterocycles. The lowest BCUT2D eigenvalue weighted by Crippen LogP contribution is -2.25. The summed E-state index contributed by atoms with van der Waals surface area (Å²) in [6.07, 6.45) is 1.71. The molecule has 0 bridgehead atoms. The van der Waals surface area contributed by atoms with Crippen LogP contribution in [0.2, 0.25) is 0 Å². The van der Waals surface area contributed by atoms with Gasteiger partial charge in [-0.1, -0.05) is 26.0 Å². The summed E-state index contributed by atoms with van der Waals surface area (Å²) in [4.78, 5) is -0.366. The number of halogens is 2. The molecular formula is C14H22F2N2O2S. The molecule has 0 atom stereocenters. The topological polar surface area (TPSA) is 72.2 Å². The van der Waals surface area contributed by atoms with Crippen molar-refractivity contribution < 1.29 is 17.2 Å². The Labute approximate surface area is 124 Å². The minimum atomic E-state index is -4.61. The molecule has 0 aliphatic rings. The maximum Gasteiger partial charge on any atom is 0.341 e. The van der Waals surface area contributed by atoms with Crippen LogP contribution in [0.4, 0.5) is 14.5 Å². The number of sulfone groups is 1. The van der Waals surface area contributed by atoms with Gasteiger partial charge in [0.25, 0.3) is 0 Å². The first-order chi connectivity index (χ1) is 9.70. The molecule has 1 aromatic rings. The van der Waals surface area contributed by atoms with Gasteiger partial charge >= 0.3 is 5.76 Å². The van der Waals surface area contributed by atoms with E-state index in [1.54, 1.807) is 6.07 Å². The van der Waals surface area contributed by atoms with Gasteiger partial charge < -0.3 is 11.1 Å². The van der Waals surface area contributed by atoms with Crippen LogP contribution in [-0.2, 0) is 9.84 Å². The van der Waals surface area contributed by atoms with E-state index in [9.17, 15) is 17.2 Å². The first-order valence-corrected chi connectivity index (χ1v) is 8.30. The van der Waals surface area contributed by atoms with Crippen LogP contribution in [0.5, 0.6) is 0 Å². The van der Waals surface area contributed by atoms with Crippen molar-refractivity contribution in [3.05, 3.63) is 24.3 Å². The van der Waals surface area contributed by atoms with Gasteiger partial charge in [-0.25, -0.2) is 8.42 Å². The van der Waals surface area contributed by atoms with Gasteiger partial charge in [-0.15, -0.1) is 0 Å². The van der Waals surface area contributed by atoms with Crippen LogP contribution >= 0.6 is 0 Å². The van der Waals surface area contributed by atoms with Gasteiger partial charge in [0.05, 0.1) is 10.6 Å². The fraction of sp³-hybridized carbons (Fsp3) is 0.571. The van der Waals surface area contributed by atoms with Crippen LogP contribution in [0.3, 0.4) is 0 Å². The summed E-state index contributed by atoms with van der Waals surface area (Å²) in [7, 11) is -4.61.